The number of hydrogen-bond acceptors (Lipinski definition) is 2. The normalized spacial score (nSPS) is 38.9. The first kappa shape index (κ1) is 13.8. The van der Waals surface area contributed by atoms with Crippen molar-refractivity contribution in [2.24, 2.45) is 30.2 Å². The molecule has 4 bridgehead atoms. The summed E-state index contributed by atoms with van der Waals surface area (Å²) in [6, 6.07) is 2.11. The van der Waals surface area contributed by atoms with Crippen LogP contribution in [0.1, 0.15) is 56.3 Å². The number of rotatable bonds is 4. The zero-order valence-electron chi connectivity index (χ0n) is 13.4. The standard InChI is InChI=1S/C18H28N2O/c1-12-3-16(20(2)19-12)7-17(21)11-18-8-13-4-14(9-18)6-15(5-13)10-18/h3,13-15,17,21H,4-11H2,1-2H3. The van der Waals surface area contributed by atoms with E-state index in [1.165, 1.54) is 44.2 Å². The third kappa shape index (κ3) is 2.54. The lowest BCUT2D eigenvalue weighted by molar-refractivity contribution is -0.0757. The van der Waals surface area contributed by atoms with E-state index in [1.54, 1.807) is 0 Å². The van der Waals surface area contributed by atoms with Gasteiger partial charge in [-0.1, -0.05) is 0 Å². The highest BCUT2D eigenvalue weighted by molar-refractivity contribution is 5.10. The fraction of sp³-hybridized carbons (Fsp3) is 0.833. The van der Waals surface area contributed by atoms with E-state index in [4.69, 9.17) is 0 Å². The number of aromatic nitrogens is 2. The van der Waals surface area contributed by atoms with Crippen LogP contribution in [0, 0.1) is 30.1 Å². The molecule has 0 saturated heterocycles. The molecule has 4 saturated carbocycles. The Morgan fingerprint density at radius 2 is 1.81 bits per heavy atom. The van der Waals surface area contributed by atoms with Crippen molar-refractivity contribution in [3.63, 3.8) is 0 Å². The van der Waals surface area contributed by atoms with Crippen molar-refractivity contribution in [2.75, 3.05) is 0 Å². The second-order valence-electron chi connectivity index (χ2n) is 8.38. The lowest BCUT2D eigenvalue weighted by Gasteiger charge is -2.57. The van der Waals surface area contributed by atoms with Gasteiger partial charge in [0.2, 0.25) is 0 Å². The minimum absolute atomic E-state index is 0.198. The maximum absolute atomic E-state index is 10.7. The smallest absolute Gasteiger partial charge is 0.0600 e. The summed E-state index contributed by atoms with van der Waals surface area (Å²) >= 11 is 0. The van der Waals surface area contributed by atoms with Crippen LogP contribution in [0.3, 0.4) is 0 Å². The molecule has 4 aliphatic rings. The summed E-state index contributed by atoms with van der Waals surface area (Å²) in [5.74, 6) is 2.92. The molecule has 0 amide bonds. The van der Waals surface area contributed by atoms with Crippen molar-refractivity contribution < 1.29 is 5.11 Å². The molecule has 1 atom stereocenters. The van der Waals surface area contributed by atoms with E-state index in [1.807, 2.05) is 18.7 Å². The maximum atomic E-state index is 10.7. The van der Waals surface area contributed by atoms with Gasteiger partial charge in [-0.05, 0) is 81.1 Å². The third-order valence-corrected chi connectivity index (χ3v) is 6.38. The van der Waals surface area contributed by atoms with Gasteiger partial charge in [-0.25, -0.2) is 0 Å². The van der Waals surface area contributed by atoms with Crippen molar-refractivity contribution in [1.29, 1.82) is 0 Å². The molecule has 0 spiro atoms. The Bertz CT molecular complexity index is 498. The topological polar surface area (TPSA) is 38.0 Å². The van der Waals surface area contributed by atoms with E-state index < -0.39 is 0 Å². The van der Waals surface area contributed by atoms with Crippen LogP contribution in [0.2, 0.25) is 0 Å². The maximum Gasteiger partial charge on any atom is 0.0600 e. The quantitative estimate of drug-likeness (QED) is 0.923. The lowest BCUT2D eigenvalue weighted by atomic mass is 9.48. The van der Waals surface area contributed by atoms with Crippen molar-refractivity contribution in [3.8, 4) is 0 Å². The summed E-state index contributed by atoms with van der Waals surface area (Å²) in [7, 11) is 1.99. The third-order valence-electron chi connectivity index (χ3n) is 6.38. The summed E-state index contributed by atoms with van der Waals surface area (Å²) < 4.78 is 1.93. The van der Waals surface area contributed by atoms with Crippen molar-refractivity contribution >= 4 is 0 Å². The summed E-state index contributed by atoms with van der Waals surface area (Å²) in [5.41, 5.74) is 2.70. The van der Waals surface area contributed by atoms with Crippen LogP contribution < -0.4 is 0 Å². The highest BCUT2D eigenvalue weighted by atomic mass is 16.3. The van der Waals surface area contributed by atoms with E-state index in [2.05, 4.69) is 11.2 Å². The van der Waals surface area contributed by atoms with Gasteiger partial charge in [-0.2, -0.15) is 5.10 Å². The van der Waals surface area contributed by atoms with E-state index >= 15 is 0 Å². The number of aryl methyl sites for hydroxylation is 2. The molecule has 1 N–H and O–H groups in total. The minimum atomic E-state index is -0.198. The number of nitrogens with zero attached hydrogens (tertiary/aromatic N) is 2. The Kier molecular flexibility index (Phi) is 3.18. The zero-order valence-corrected chi connectivity index (χ0v) is 13.4. The second kappa shape index (κ2) is 4.84. The molecule has 4 aliphatic carbocycles. The van der Waals surface area contributed by atoms with Crippen LogP contribution in [-0.4, -0.2) is 21.0 Å². The van der Waals surface area contributed by atoms with Crippen LogP contribution in [0.4, 0.5) is 0 Å². The predicted molar refractivity (Wildman–Crippen MR) is 82.9 cm³/mol. The summed E-state index contributed by atoms with van der Waals surface area (Å²) in [5, 5.41) is 15.1. The molecule has 1 unspecified atom stereocenters. The van der Waals surface area contributed by atoms with Crippen molar-refractivity contribution in [3.05, 3.63) is 17.5 Å². The van der Waals surface area contributed by atoms with Gasteiger partial charge < -0.3 is 5.11 Å². The molecule has 1 aromatic rings. The van der Waals surface area contributed by atoms with Crippen LogP contribution in [0.25, 0.3) is 0 Å². The van der Waals surface area contributed by atoms with Gasteiger partial charge >= 0.3 is 0 Å². The second-order valence-corrected chi connectivity index (χ2v) is 8.38. The lowest BCUT2D eigenvalue weighted by Crippen LogP contribution is -2.47. The van der Waals surface area contributed by atoms with Crippen molar-refractivity contribution in [1.82, 2.24) is 9.78 Å². The van der Waals surface area contributed by atoms with Gasteiger partial charge in [0.1, 0.15) is 0 Å². The number of hydrogen-bond donors (Lipinski definition) is 1. The first-order valence-corrected chi connectivity index (χ1v) is 8.69. The molecule has 3 nitrogen and oxygen atoms in total. The number of aliphatic hydroxyl groups is 1. The largest absolute Gasteiger partial charge is 0.393 e. The Hall–Kier alpha value is -0.830. The van der Waals surface area contributed by atoms with Gasteiger partial charge in [0.05, 0.1) is 11.8 Å². The Morgan fingerprint density at radius 3 is 2.29 bits per heavy atom. The van der Waals surface area contributed by atoms with Gasteiger partial charge in [0, 0.05) is 19.2 Å². The summed E-state index contributed by atoms with van der Waals surface area (Å²) in [6.07, 6.45) is 10.2. The molecule has 21 heavy (non-hydrogen) atoms. The molecule has 0 radical (unpaired) electrons. The molecule has 1 heterocycles. The van der Waals surface area contributed by atoms with Gasteiger partial charge in [0.25, 0.3) is 0 Å². The van der Waals surface area contributed by atoms with Crippen LogP contribution >= 0.6 is 0 Å². The zero-order chi connectivity index (χ0) is 14.6. The SMILES string of the molecule is Cc1cc(CC(O)CC23CC4CC(CC(C4)C2)C3)n(C)n1. The molecule has 1 aromatic heterocycles. The van der Waals surface area contributed by atoms with E-state index in [9.17, 15) is 5.11 Å². The monoisotopic (exact) mass is 288 g/mol. The molecule has 4 fully saturated rings. The van der Waals surface area contributed by atoms with Crippen LogP contribution in [0.5, 0.6) is 0 Å². The first-order chi connectivity index (χ1) is 10.0. The van der Waals surface area contributed by atoms with Crippen molar-refractivity contribution in [2.45, 2.75) is 64.4 Å². The van der Waals surface area contributed by atoms with Gasteiger partial charge in [0.15, 0.2) is 0 Å². The molecule has 116 valence electrons. The molecular formula is C18H28N2O. The predicted octanol–water partition coefficient (Wildman–Crippen LogP) is 3.24. The highest BCUT2D eigenvalue weighted by Gasteiger charge is 2.51. The number of aliphatic hydroxyl groups excluding tert-OH is 1. The van der Waals surface area contributed by atoms with E-state index in [0.717, 1.165) is 36.3 Å². The average molecular weight is 288 g/mol. The van der Waals surface area contributed by atoms with Gasteiger partial charge in [-0.3, -0.25) is 4.68 Å². The molecule has 3 heteroatoms. The van der Waals surface area contributed by atoms with E-state index in [-0.39, 0.29) is 6.10 Å². The van der Waals surface area contributed by atoms with Gasteiger partial charge in [-0.15, -0.1) is 0 Å². The molecular weight excluding hydrogens is 260 g/mol. The first-order valence-electron chi connectivity index (χ1n) is 8.69. The average Bonchev–Trinajstić information content (AvgIpc) is 2.64. The van der Waals surface area contributed by atoms with Crippen LogP contribution in [0.15, 0.2) is 6.07 Å². The summed E-state index contributed by atoms with van der Waals surface area (Å²) in [6.45, 7) is 2.02. The molecule has 0 aromatic carbocycles. The highest BCUT2D eigenvalue weighted by Crippen LogP contribution is 2.61. The fourth-order valence-electron chi connectivity index (χ4n) is 6.21. The van der Waals surface area contributed by atoms with Crippen LogP contribution in [-0.2, 0) is 13.5 Å². The Balaban J connectivity index is 1.44. The van der Waals surface area contributed by atoms with E-state index in [0.29, 0.717) is 5.41 Å². The summed E-state index contributed by atoms with van der Waals surface area (Å²) in [4.78, 5) is 0. The Labute approximate surface area is 127 Å². The molecule has 5 rings (SSSR count). The minimum Gasteiger partial charge on any atom is -0.393 e. The molecule has 0 aliphatic heterocycles. The Morgan fingerprint density at radius 1 is 1.24 bits per heavy atom. The fourth-order valence-corrected chi connectivity index (χ4v) is 6.21.